The zero-order valence-electron chi connectivity index (χ0n) is 13.1. The second kappa shape index (κ2) is 7.17. The van der Waals surface area contributed by atoms with Gasteiger partial charge in [-0.15, -0.1) is 10.2 Å². The molecule has 1 heterocycles. The third kappa shape index (κ3) is 3.47. The van der Waals surface area contributed by atoms with Crippen molar-refractivity contribution in [2.75, 3.05) is 6.61 Å². The van der Waals surface area contributed by atoms with Gasteiger partial charge in [-0.25, -0.2) is 0 Å². The van der Waals surface area contributed by atoms with Crippen molar-refractivity contribution in [2.45, 2.75) is 12.6 Å². The number of nitrogens with one attached hydrogen (secondary N) is 1. The number of aromatic nitrogens is 3. The normalized spacial score (nSPS) is 12.3. The lowest BCUT2D eigenvalue weighted by atomic mass is 10.1. The first-order valence-corrected chi connectivity index (χ1v) is 7.62. The highest BCUT2D eigenvalue weighted by Gasteiger charge is 2.13. The number of benzene rings is 2. The number of hydrogen-bond acceptors (Lipinski definition) is 4. The minimum atomic E-state index is -0.118. The Morgan fingerprint density at radius 3 is 2.30 bits per heavy atom. The highest BCUT2D eigenvalue weighted by atomic mass is 16.3. The molecule has 5 heteroatoms. The molecule has 0 amide bonds. The van der Waals surface area contributed by atoms with Gasteiger partial charge in [0, 0.05) is 12.6 Å². The summed E-state index contributed by atoms with van der Waals surface area (Å²) in [6.07, 6.45) is 0. The third-order valence-corrected chi connectivity index (χ3v) is 3.89. The van der Waals surface area contributed by atoms with Gasteiger partial charge in [-0.2, -0.15) is 0 Å². The standard InChI is InChI=1S/C18H20N4O/c1-22-17(20-21-18(22)15-10-6-3-7-11-15)12-19-16(13-23)14-8-4-2-5-9-14/h2-11,16,19,23H,12-13H2,1H3. The molecule has 1 atom stereocenters. The molecule has 0 radical (unpaired) electrons. The smallest absolute Gasteiger partial charge is 0.163 e. The molecule has 1 unspecified atom stereocenters. The van der Waals surface area contributed by atoms with Crippen molar-refractivity contribution in [2.24, 2.45) is 7.05 Å². The Labute approximate surface area is 135 Å². The van der Waals surface area contributed by atoms with Crippen LogP contribution in [0.1, 0.15) is 17.4 Å². The summed E-state index contributed by atoms with van der Waals surface area (Å²) in [5.74, 6) is 1.67. The van der Waals surface area contributed by atoms with Crippen molar-refractivity contribution < 1.29 is 5.11 Å². The van der Waals surface area contributed by atoms with Gasteiger partial charge in [0.25, 0.3) is 0 Å². The third-order valence-electron chi connectivity index (χ3n) is 3.89. The quantitative estimate of drug-likeness (QED) is 0.733. The summed E-state index contributed by atoms with van der Waals surface area (Å²) in [6.45, 7) is 0.573. The zero-order chi connectivity index (χ0) is 16.1. The summed E-state index contributed by atoms with van der Waals surface area (Å²) in [5, 5.41) is 21.5. The zero-order valence-corrected chi connectivity index (χ0v) is 13.1. The molecular formula is C18H20N4O. The van der Waals surface area contributed by atoms with Crippen LogP contribution in [0, 0.1) is 0 Å². The molecule has 1 aromatic heterocycles. The Kier molecular flexibility index (Phi) is 4.80. The van der Waals surface area contributed by atoms with Crippen LogP contribution < -0.4 is 5.32 Å². The maximum absolute atomic E-state index is 9.60. The molecule has 0 saturated carbocycles. The molecule has 0 bridgehead atoms. The van der Waals surface area contributed by atoms with E-state index in [1.54, 1.807) is 0 Å². The molecule has 0 aliphatic heterocycles. The molecule has 118 valence electrons. The summed E-state index contributed by atoms with van der Waals surface area (Å²) in [7, 11) is 1.95. The number of aliphatic hydroxyl groups is 1. The van der Waals surface area contributed by atoms with E-state index in [0.29, 0.717) is 6.54 Å². The highest BCUT2D eigenvalue weighted by molar-refractivity contribution is 5.54. The molecule has 0 aliphatic rings. The predicted molar refractivity (Wildman–Crippen MR) is 89.5 cm³/mol. The van der Waals surface area contributed by atoms with E-state index in [9.17, 15) is 5.11 Å². The van der Waals surface area contributed by atoms with Crippen LogP contribution in [0.15, 0.2) is 60.7 Å². The van der Waals surface area contributed by atoms with Crippen molar-refractivity contribution in [1.82, 2.24) is 20.1 Å². The molecule has 3 rings (SSSR count). The first-order valence-electron chi connectivity index (χ1n) is 7.62. The van der Waals surface area contributed by atoms with Crippen LogP contribution in [0.2, 0.25) is 0 Å². The first-order chi connectivity index (χ1) is 11.3. The summed E-state index contributed by atoms with van der Waals surface area (Å²) in [6, 6.07) is 19.8. The van der Waals surface area contributed by atoms with Crippen LogP contribution in [0.3, 0.4) is 0 Å². The van der Waals surface area contributed by atoms with Crippen LogP contribution in [-0.2, 0) is 13.6 Å². The molecule has 3 aromatic rings. The van der Waals surface area contributed by atoms with E-state index in [4.69, 9.17) is 0 Å². The summed E-state index contributed by atoms with van der Waals surface area (Å²) < 4.78 is 1.97. The van der Waals surface area contributed by atoms with Crippen molar-refractivity contribution >= 4 is 0 Å². The van der Waals surface area contributed by atoms with Crippen molar-refractivity contribution in [1.29, 1.82) is 0 Å². The van der Waals surface area contributed by atoms with Crippen LogP contribution in [0.4, 0.5) is 0 Å². The van der Waals surface area contributed by atoms with Gasteiger partial charge in [-0.05, 0) is 5.56 Å². The number of nitrogens with zero attached hydrogens (tertiary/aromatic N) is 3. The average molecular weight is 308 g/mol. The van der Waals surface area contributed by atoms with E-state index in [1.165, 1.54) is 0 Å². The SMILES string of the molecule is Cn1c(CNC(CO)c2ccccc2)nnc1-c1ccccc1. The summed E-state index contributed by atoms with van der Waals surface area (Å²) >= 11 is 0. The lowest BCUT2D eigenvalue weighted by Crippen LogP contribution is -2.25. The van der Waals surface area contributed by atoms with E-state index >= 15 is 0 Å². The molecule has 0 spiro atoms. The maximum atomic E-state index is 9.60. The maximum Gasteiger partial charge on any atom is 0.163 e. The van der Waals surface area contributed by atoms with E-state index in [-0.39, 0.29) is 12.6 Å². The second-order valence-electron chi connectivity index (χ2n) is 5.39. The minimum absolute atomic E-state index is 0.0351. The van der Waals surface area contributed by atoms with Crippen LogP contribution in [0.5, 0.6) is 0 Å². The number of aliphatic hydroxyl groups excluding tert-OH is 1. The molecule has 2 aromatic carbocycles. The Balaban J connectivity index is 1.73. The average Bonchev–Trinajstić information content (AvgIpc) is 2.98. The Hall–Kier alpha value is -2.50. The Morgan fingerprint density at radius 2 is 1.65 bits per heavy atom. The Morgan fingerprint density at radius 1 is 1.00 bits per heavy atom. The van der Waals surface area contributed by atoms with Gasteiger partial charge in [-0.3, -0.25) is 0 Å². The van der Waals surface area contributed by atoms with Gasteiger partial charge < -0.3 is 15.0 Å². The summed E-state index contributed by atoms with van der Waals surface area (Å²) in [4.78, 5) is 0. The van der Waals surface area contributed by atoms with Crippen molar-refractivity contribution in [3.63, 3.8) is 0 Å². The lowest BCUT2D eigenvalue weighted by molar-refractivity contribution is 0.242. The number of rotatable bonds is 6. The van der Waals surface area contributed by atoms with Gasteiger partial charge in [0.15, 0.2) is 5.82 Å². The fraction of sp³-hybridized carbons (Fsp3) is 0.222. The second-order valence-corrected chi connectivity index (χ2v) is 5.39. The van der Waals surface area contributed by atoms with Crippen LogP contribution in [0.25, 0.3) is 11.4 Å². The van der Waals surface area contributed by atoms with Crippen molar-refractivity contribution in [3.05, 3.63) is 72.1 Å². The predicted octanol–water partition coefficient (Wildman–Crippen LogP) is 2.31. The molecule has 5 nitrogen and oxygen atoms in total. The summed E-state index contributed by atoms with van der Waals surface area (Å²) in [5.41, 5.74) is 2.09. The van der Waals surface area contributed by atoms with E-state index in [1.807, 2.05) is 72.3 Å². The molecule has 23 heavy (non-hydrogen) atoms. The van der Waals surface area contributed by atoms with E-state index in [0.717, 1.165) is 22.8 Å². The van der Waals surface area contributed by atoms with Crippen LogP contribution in [-0.4, -0.2) is 26.5 Å². The van der Waals surface area contributed by atoms with E-state index < -0.39 is 0 Å². The fourth-order valence-electron chi connectivity index (χ4n) is 2.54. The van der Waals surface area contributed by atoms with Crippen LogP contribution >= 0.6 is 0 Å². The van der Waals surface area contributed by atoms with Gasteiger partial charge in [0.05, 0.1) is 19.2 Å². The van der Waals surface area contributed by atoms with Gasteiger partial charge in [0.1, 0.15) is 5.82 Å². The minimum Gasteiger partial charge on any atom is -0.394 e. The lowest BCUT2D eigenvalue weighted by Gasteiger charge is -2.16. The molecule has 2 N–H and O–H groups in total. The molecule has 0 fully saturated rings. The van der Waals surface area contributed by atoms with Gasteiger partial charge in [-0.1, -0.05) is 60.7 Å². The number of hydrogen-bond donors (Lipinski definition) is 2. The fourth-order valence-corrected chi connectivity index (χ4v) is 2.54. The van der Waals surface area contributed by atoms with E-state index in [2.05, 4.69) is 15.5 Å². The van der Waals surface area contributed by atoms with Gasteiger partial charge in [0.2, 0.25) is 0 Å². The van der Waals surface area contributed by atoms with Crippen molar-refractivity contribution in [3.8, 4) is 11.4 Å². The molecule has 0 aliphatic carbocycles. The van der Waals surface area contributed by atoms with Gasteiger partial charge >= 0.3 is 0 Å². The highest BCUT2D eigenvalue weighted by Crippen LogP contribution is 2.17. The monoisotopic (exact) mass is 308 g/mol. The largest absolute Gasteiger partial charge is 0.394 e. The molecular weight excluding hydrogens is 288 g/mol. The first kappa shape index (κ1) is 15.4. The Bertz CT molecular complexity index is 740. The molecule has 0 saturated heterocycles. The topological polar surface area (TPSA) is 63.0 Å².